The second-order valence-corrected chi connectivity index (χ2v) is 12.3. The lowest BCUT2D eigenvalue weighted by molar-refractivity contribution is 0.299. The van der Waals surface area contributed by atoms with Gasteiger partial charge in [0.25, 0.3) is 0 Å². The van der Waals surface area contributed by atoms with Crippen molar-refractivity contribution >= 4 is 0 Å². The van der Waals surface area contributed by atoms with E-state index in [2.05, 4.69) is 13.8 Å². The maximum absolute atomic E-state index is 15.2. The number of hydrogen-bond acceptors (Lipinski definition) is 0. The first-order valence-electron chi connectivity index (χ1n) is 16.4. The van der Waals surface area contributed by atoms with Gasteiger partial charge < -0.3 is 0 Å². The lowest BCUT2D eigenvalue weighted by atomic mass is 9.76. The molecular weight excluding hydrogens is 513 g/mol. The lowest BCUT2D eigenvalue weighted by Crippen LogP contribution is -2.14. The Labute approximate surface area is 246 Å². The first-order valence-corrected chi connectivity index (χ1v) is 16.4. The monoisotopic (exact) mass is 562 g/mol. The third kappa shape index (κ3) is 8.72. The molecule has 0 aromatic heterocycles. The predicted octanol–water partition coefficient (Wildman–Crippen LogP) is 12.6. The zero-order valence-electron chi connectivity index (χ0n) is 25.3. The number of benzene rings is 3. The van der Waals surface area contributed by atoms with Crippen LogP contribution in [0.5, 0.6) is 0 Å². The third-order valence-electron chi connectivity index (χ3n) is 9.24. The molecule has 0 bridgehead atoms. The van der Waals surface area contributed by atoms with Gasteiger partial charge in [-0.2, -0.15) is 0 Å². The summed E-state index contributed by atoms with van der Waals surface area (Å²) in [6.07, 6.45) is 18.4. The number of unbranched alkanes of at least 4 members (excludes halogenated alkanes) is 8. The average molecular weight is 563 g/mol. The minimum atomic E-state index is -0.784. The number of rotatable bonds is 15. The van der Waals surface area contributed by atoms with Gasteiger partial charge in [-0.25, -0.2) is 13.2 Å². The molecule has 0 aliphatic heterocycles. The van der Waals surface area contributed by atoms with Crippen molar-refractivity contribution in [3.8, 4) is 22.3 Å². The Bertz CT molecular complexity index is 1200. The molecule has 4 rings (SSSR count). The summed E-state index contributed by atoms with van der Waals surface area (Å²) >= 11 is 0. The van der Waals surface area contributed by atoms with E-state index in [9.17, 15) is 4.39 Å². The molecule has 0 nitrogen and oxygen atoms in total. The SMILES string of the molecule is CCCCCCCCCc1ccc(-c2ccc(-c3ccc(C4CCC(CCCCC)CC4)c(F)c3)cc2)c(F)c1F. The molecule has 0 heterocycles. The zero-order valence-corrected chi connectivity index (χ0v) is 25.3. The first kappa shape index (κ1) is 31.4. The van der Waals surface area contributed by atoms with Gasteiger partial charge in [0.15, 0.2) is 11.6 Å². The molecule has 0 radical (unpaired) electrons. The van der Waals surface area contributed by atoms with Gasteiger partial charge in [0, 0.05) is 5.56 Å². The third-order valence-corrected chi connectivity index (χ3v) is 9.24. The van der Waals surface area contributed by atoms with Crippen LogP contribution in [0.4, 0.5) is 13.2 Å². The fraction of sp³-hybridized carbons (Fsp3) is 0.526. The Kier molecular flexibility index (Phi) is 12.4. The van der Waals surface area contributed by atoms with Crippen LogP contribution in [0.2, 0.25) is 0 Å². The molecular formula is C38H49F3. The van der Waals surface area contributed by atoms with Gasteiger partial charge in [0.1, 0.15) is 5.82 Å². The van der Waals surface area contributed by atoms with E-state index in [1.807, 2.05) is 24.3 Å². The van der Waals surface area contributed by atoms with Gasteiger partial charge in [-0.15, -0.1) is 0 Å². The van der Waals surface area contributed by atoms with E-state index in [4.69, 9.17) is 0 Å². The van der Waals surface area contributed by atoms with Crippen LogP contribution >= 0.6 is 0 Å². The van der Waals surface area contributed by atoms with Crippen LogP contribution in [-0.4, -0.2) is 0 Å². The molecule has 0 atom stereocenters. The summed E-state index contributed by atoms with van der Waals surface area (Å²) < 4.78 is 45.1. The second-order valence-electron chi connectivity index (χ2n) is 12.3. The normalized spacial score (nSPS) is 17.2. The van der Waals surface area contributed by atoms with E-state index in [0.717, 1.165) is 54.7 Å². The van der Waals surface area contributed by atoms with Crippen LogP contribution < -0.4 is 0 Å². The van der Waals surface area contributed by atoms with Crippen LogP contribution in [0.25, 0.3) is 22.3 Å². The van der Waals surface area contributed by atoms with E-state index in [0.29, 0.717) is 23.5 Å². The Morgan fingerprint density at radius 2 is 1.20 bits per heavy atom. The van der Waals surface area contributed by atoms with Gasteiger partial charge in [-0.3, -0.25) is 0 Å². The molecule has 0 saturated heterocycles. The molecule has 0 N–H and O–H groups in total. The summed E-state index contributed by atoms with van der Waals surface area (Å²) in [5, 5.41) is 0. The Hall–Kier alpha value is -2.55. The molecule has 222 valence electrons. The molecule has 41 heavy (non-hydrogen) atoms. The quantitative estimate of drug-likeness (QED) is 0.162. The van der Waals surface area contributed by atoms with Crippen molar-refractivity contribution in [1.82, 2.24) is 0 Å². The van der Waals surface area contributed by atoms with Crippen molar-refractivity contribution in [2.24, 2.45) is 5.92 Å². The maximum Gasteiger partial charge on any atom is 0.166 e. The maximum atomic E-state index is 15.2. The van der Waals surface area contributed by atoms with E-state index in [1.54, 1.807) is 30.3 Å². The Morgan fingerprint density at radius 1 is 0.585 bits per heavy atom. The van der Waals surface area contributed by atoms with Gasteiger partial charge in [-0.1, -0.05) is 127 Å². The van der Waals surface area contributed by atoms with Gasteiger partial charge >= 0.3 is 0 Å². The molecule has 0 amide bonds. The highest BCUT2D eigenvalue weighted by molar-refractivity contribution is 5.71. The predicted molar refractivity (Wildman–Crippen MR) is 168 cm³/mol. The molecule has 1 aliphatic carbocycles. The second kappa shape index (κ2) is 16.2. The fourth-order valence-corrected chi connectivity index (χ4v) is 6.60. The summed E-state index contributed by atoms with van der Waals surface area (Å²) in [5.41, 5.74) is 3.87. The summed E-state index contributed by atoms with van der Waals surface area (Å²) in [7, 11) is 0. The van der Waals surface area contributed by atoms with Crippen LogP contribution in [-0.2, 0) is 6.42 Å². The molecule has 3 aromatic carbocycles. The summed E-state index contributed by atoms with van der Waals surface area (Å²) in [4.78, 5) is 0. The highest BCUT2D eigenvalue weighted by Crippen LogP contribution is 2.39. The largest absolute Gasteiger partial charge is 0.207 e. The molecule has 3 heteroatoms. The molecule has 1 fully saturated rings. The van der Waals surface area contributed by atoms with Crippen LogP contribution in [0.3, 0.4) is 0 Å². The highest BCUT2D eigenvalue weighted by Gasteiger charge is 2.24. The number of aryl methyl sites for hydroxylation is 1. The van der Waals surface area contributed by atoms with Crippen molar-refractivity contribution < 1.29 is 13.2 Å². The fourth-order valence-electron chi connectivity index (χ4n) is 6.60. The van der Waals surface area contributed by atoms with Gasteiger partial charge in [0.05, 0.1) is 0 Å². The molecule has 1 saturated carbocycles. The molecule has 0 spiro atoms. The average Bonchev–Trinajstić information content (AvgIpc) is 2.99. The van der Waals surface area contributed by atoms with E-state index < -0.39 is 11.6 Å². The topological polar surface area (TPSA) is 0 Å². The summed E-state index contributed by atoms with van der Waals surface area (Å²) in [6.45, 7) is 4.45. The molecule has 1 aliphatic rings. The number of hydrogen-bond donors (Lipinski definition) is 0. The molecule has 0 unspecified atom stereocenters. The zero-order chi connectivity index (χ0) is 29.0. The summed E-state index contributed by atoms with van der Waals surface area (Å²) in [5.74, 6) is -0.539. The van der Waals surface area contributed by atoms with Crippen molar-refractivity contribution in [1.29, 1.82) is 0 Å². The van der Waals surface area contributed by atoms with Crippen LogP contribution in [0.1, 0.15) is 127 Å². The van der Waals surface area contributed by atoms with Crippen molar-refractivity contribution in [2.75, 3.05) is 0 Å². The standard InChI is InChI=1S/C38H49F3/c1-3-5-7-8-9-10-12-14-32-23-26-35(38(41)37(32)40)31-21-19-29(20-22-31)33-24-25-34(36(39)27-33)30-17-15-28(16-18-30)13-11-6-4-2/h19-28,30H,3-18H2,1-2H3. The van der Waals surface area contributed by atoms with Gasteiger partial charge in [0.2, 0.25) is 0 Å². The molecule has 3 aromatic rings. The summed E-state index contributed by atoms with van der Waals surface area (Å²) in [6, 6.07) is 16.4. The van der Waals surface area contributed by atoms with Gasteiger partial charge in [-0.05, 0) is 84.2 Å². The van der Waals surface area contributed by atoms with Crippen molar-refractivity contribution in [3.63, 3.8) is 0 Å². The van der Waals surface area contributed by atoms with Crippen LogP contribution in [0.15, 0.2) is 54.6 Å². The van der Waals surface area contributed by atoms with E-state index in [1.165, 1.54) is 64.2 Å². The Balaban J connectivity index is 1.34. The van der Waals surface area contributed by atoms with Crippen molar-refractivity contribution in [2.45, 2.75) is 122 Å². The first-order chi connectivity index (χ1) is 20.0. The number of halogens is 3. The van der Waals surface area contributed by atoms with E-state index >= 15 is 8.78 Å². The van der Waals surface area contributed by atoms with Crippen molar-refractivity contribution in [3.05, 3.63) is 83.2 Å². The van der Waals surface area contributed by atoms with E-state index in [-0.39, 0.29) is 11.4 Å². The Morgan fingerprint density at radius 3 is 1.88 bits per heavy atom. The minimum absolute atomic E-state index is 0.134. The highest BCUT2D eigenvalue weighted by atomic mass is 19.2. The minimum Gasteiger partial charge on any atom is -0.207 e. The lowest BCUT2D eigenvalue weighted by Gasteiger charge is -2.29. The smallest absolute Gasteiger partial charge is 0.166 e. The van der Waals surface area contributed by atoms with Crippen LogP contribution in [0, 0.1) is 23.4 Å².